The number of esters is 1. The monoisotopic (exact) mass is 410 g/mol. The maximum Gasteiger partial charge on any atom is 0.306 e. The van der Waals surface area contributed by atoms with Crippen molar-refractivity contribution < 1.29 is 9.53 Å². The number of hydrogen-bond acceptors (Lipinski definition) is 2. The van der Waals surface area contributed by atoms with Gasteiger partial charge in [-0.2, -0.15) is 0 Å². The molecule has 0 aliphatic carbocycles. The molecule has 0 saturated carbocycles. The fourth-order valence-corrected chi connectivity index (χ4v) is 4.57. The van der Waals surface area contributed by atoms with E-state index in [9.17, 15) is 4.79 Å². The SMILES string of the molecule is CCCCC(CC)COC(=O)CC(CC(CC)CCCC)CC(CC)CCCC. The molecule has 0 bridgehead atoms. The van der Waals surface area contributed by atoms with Crippen LogP contribution in [0.5, 0.6) is 0 Å². The van der Waals surface area contributed by atoms with Crippen LogP contribution in [0, 0.1) is 23.7 Å². The summed E-state index contributed by atoms with van der Waals surface area (Å²) in [5, 5.41) is 0. The van der Waals surface area contributed by atoms with Crippen LogP contribution in [0.25, 0.3) is 0 Å². The van der Waals surface area contributed by atoms with E-state index in [0.717, 1.165) is 18.3 Å². The molecule has 3 unspecified atom stereocenters. The third-order valence-corrected chi connectivity index (χ3v) is 6.90. The van der Waals surface area contributed by atoms with Gasteiger partial charge in [0.05, 0.1) is 6.61 Å². The number of carbonyl (C=O) groups is 1. The lowest BCUT2D eigenvalue weighted by molar-refractivity contribution is -0.146. The quantitative estimate of drug-likeness (QED) is 0.187. The van der Waals surface area contributed by atoms with Gasteiger partial charge < -0.3 is 4.74 Å². The van der Waals surface area contributed by atoms with E-state index in [-0.39, 0.29) is 5.97 Å². The Morgan fingerprint density at radius 2 is 1.03 bits per heavy atom. The van der Waals surface area contributed by atoms with Crippen LogP contribution < -0.4 is 0 Å². The van der Waals surface area contributed by atoms with E-state index in [0.29, 0.717) is 24.9 Å². The van der Waals surface area contributed by atoms with Crippen molar-refractivity contribution in [3.05, 3.63) is 0 Å². The summed E-state index contributed by atoms with van der Waals surface area (Å²) in [6.07, 6.45) is 18.1. The summed E-state index contributed by atoms with van der Waals surface area (Å²) in [5.41, 5.74) is 0. The van der Waals surface area contributed by atoms with Crippen LogP contribution in [0.3, 0.4) is 0 Å². The summed E-state index contributed by atoms with van der Waals surface area (Å²) < 4.78 is 5.78. The molecule has 0 spiro atoms. The highest BCUT2D eigenvalue weighted by Crippen LogP contribution is 2.31. The second-order valence-corrected chi connectivity index (χ2v) is 9.47. The third-order valence-electron chi connectivity index (χ3n) is 6.90. The number of ether oxygens (including phenoxy) is 1. The summed E-state index contributed by atoms with van der Waals surface area (Å²) in [6, 6.07) is 0. The normalized spacial score (nSPS) is 15.7. The van der Waals surface area contributed by atoms with Gasteiger partial charge in [0, 0.05) is 6.42 Å². The first-order valence-electron chi connectivity index (χ1n) is 13.2. The molecule has 0 amide bonds. The first-order chi connectivity index (χ1) is 14.0. The molecule has 0 aromatic heterocycles. The van der Waals surface area contributed by atoms with Gasteiger partial charge in [-0.05, 0) is 42.9 Å². The van der Waals surface area contributed by atoms with E-state index in [1.165, 1.54) is 83.5 Å². The van der Waals surface area contributed by atoms with Crippen LogP contribution in [0.2, 0.25) is 0 Å². The van der Waals surface area contributed by atoms with Gasteiger partial charge in [-0.15, -0.1) is 0 Å². The van der Waals surface area contributed by atoms with E-state index in [4.69, 9.17) is 4.74 Å². The standard InChI is InChI=1S/C27H54O2/c1-7-13-16-23(10-4)19-26(20-24(11-5)17-14-8-2)21-27(28)29-22-25(12-6)18-15-9-3/h23-26H,7-22H2,1-6H3. The fraction of sp³-hybridized carbons (Fsp3) is 0.963. The molecule has 0 saturated heterocycles. The highest BCUT2D eigenvalue weighted by Gasteiger charge is 2.23. The van der Waals surface area contributed by atoms with Crippen LogP contribution in [0.4, 0.5) is 0 Å². The number of hydrogen-bond donors (Lipinski definition) is 0. The first-order valence-corrected chi connectivity index (χ1v) is 13.2. The predicted octanol–water partition coefficient (Wildman–Crippen LogP) is 8.97. The molecule has 3 atom stereocenters. The molecule has 0 aliphatic rings. The predicted molar refractivity (Wildman–Crippen MR) is 128 cm³/mol. The summed E-state index contributed by atoms with van der Waals surface area (Å²) in [7, 11) is 0. The van der Waals surface area contributed by atoms with E-state index in [2.05, 4.69) is 41.5 Å². The van der Waals surface area contributed by atoms with Crippen LogP contribution in [0.1, 0.15) is 138 Å². The van der Waals surface area contributed by atoms with Gasteiger partial charge in [-0.25, -0.2) is 0 Å². The molecule has 0 aliphatic heterocycles. The first kappa shape index (κ1) is 28.5. The molecule has 0 rings (SSSR count). The summed E-state index contributed by atoms with van der Waals surface area (Å²) in [4.78, 5) is 12.7. The molecule has 2 nitrogen and oxygen atoms in total. The lowest BCUT2D eigenvalue weighted by Gasteiger charge is -2.26. The zero-order valence-electron chi connectivity index (χ0n) is 20.9. The summed E-state index contributed by atoms with van der Waals surface area (Å²) >= 11 is 0. The number of unbranched alkanes of at least 4 members (excludes halogenated alkanes) is 3. The smallest absolute Gasteiger partial charge is 0.306 e. The summed E-state index contributed by atoms with van der Waals surface area (Å²) in [5.74, 6) is 2.63. The van der Waals surface area contributed by atoms with Crippen LogP contribution in [-0.4, -0.2) is 12.6 Å². The largest absolute Gasteiger partial charge is 0.465 e. The Morgan fingerprint density at radius 3 is 1.41 bits per heavy atom. The molecule has 0 heterocycles. The minimum atomic E-state index is 0.0561. The molecular weight excluding hydrogens is 356 g/mol. The van der Waals surface area contributed by atoms with Gasteiger partial charge >= 0.3 is 5.97 Å². The topological polar surface area (TPSA) is 26.3 Å². The Hall–Kier alpha value is -0.530. The van der Waals surface area contributed by atoms with Crippen molar-refractivity contribution >= 4 is 5.97 Å². The Bertz CT molecular complexity index is 348. The van der Waals surface area contributed by atoms with Crippen molar-refractivity contribution in [3.8, 4) is 0 Å². The molecule has 0 aromatic carbocycles. The lowest BCUT2D eigenvalue weighted by Crippen LogP contribution is -2.20. The van der Waals surface area contributed by atoms with Crippen molar-refractivity contribution in [2.75, 3.05) is 6.61 Å². The van der Waals surface area contributed by atoms with Crippen molar-refractivity contribution in [1.29, 1.82) is 0 Å². The van der Waals surface area contributed by atoms with Gasteiger partial charge in [-0.1, -0.05) is 112 Å². The Labute approximate surface area is 184 Å². The summed E-state index contributed by atoms with van der Waals surface area (Å²) in [6.45, 7) is 14.3. The maximum absolute atomic E-state index is 12.7. The van der Waals surface area contributed by atoms with Gasteiger partial charge in [0.2, 0.25) is 0 Å². The van der Waals surface area contributed by atoms with Crippen molar-refractivity contribution in [2.45, 2.75) is 138 Å². The van der Waals surface area contributed by atoms with E-state index < -0.39 is 0 Å². The van der Waals surface area contributed by atoms with E-state index in [1.54, 1.807) is 0 Å². The Balaban J connectivity index is 4.81. The number of carbonyl (C=O) groups excluding carboxylic acids is 1. The van der Waals surface area contributed by atoms with Gasteiger partial charge in [-0.3, -0.25) is 4.79 Å². The Kier molecular flexibility index (Phi) is 19.1. The van der Waals surface area contributed by atoms with Gasteiger partial charge in [0.15, 0.2) is 0 Å². The van der Waals surface area contributed by atoms with Crippen LogP contribution >= 0.6 is 0 Å². The zero-order valence-corrected chi connectivity index (χ0v) is 20.9. The lowest BCUT2D eigenvalue weighted by atomic mass is 9.80. The molecule has 0 N–H and O–H groups in total. The molecular formula is C27H54O2. The second kappa shape index (κ2) is 19.4. The fourth-order valence-electron chi connectivity index (χ4n) is 4.57. The molecule has 174 valence electrons. The van der Waals surface area contributed by atoms with Crippen molar-refractivity contribution in [3.63, 3.8) is 0 Å². The molecule has 0 radical (unpaired) electrons. The molecule has 2 heteroatoms. The average molecular weight is 411 g/mol. The van der Waals surface area contributed by atoms with E-state index >= 15 is 0 Å². The minimum Gasteiger partial charge on any atom is -0.465 e. The zero-order chi connectivity index (χ0) is 21.9. The molecule has 0 fully saturated rings. The number of rotatable bonds is 20. The van der Waals surface area contributed by atoms with Crippen molar-refractivity contribution in [2.24, 2.45) is 23.7 Å². The maximum atomic E-state index is 12.7. The minimum absolute atomic E-state index is 0.0561. The van der Waals surface area contributed by atoms with Crippen molar-refractivity contribution in [1.82, 2.24) is 0 Å². The van der Waals surface area contributed by atoms with Crippen LogP contribution in [0.15, 0.2) is 0 Å². The highest BCUT2D eigenvalue weighted by atomic mass is 16.5. The van der Waals surface area contributed by atoms with Gasteiger partial charge in [0.1, 0.15) is 0 Å². The molecule has 29 heavy (non-hydrogen) atoms. The van der Waals surface area contributed by atoms with Crippen LogP contribution in [-0.2, 0) is 9.53 Å². The third kappa shape index (κ3) is 15.0. The Morgan fingerprint density at radius 1 is 0.621 bits per heavy atom. The van der Waals surface area contributed by atoms with Gasteiger partial charge in [0.25, 0.3) is 0 Å². The second-order valence-electron chi connectivity index (χ2n) is 9.47. The highest BCUT2D eigenvalue weighted by molar-refractivity contribution is 5.69. The molecule has 0 aromatic rings. The average Bonchev–Trinajstić information content (AvgIpc) is 2.73. The van der Waals surface area contributed by atoms with E-state index in [1.807, 2.05) is 0 Å².